The van der Waals surface area contributed by atoms with Gasteiger partial charge in [-0.15, -0.1) is 0 Å². The maximum Gasteiger partial charge on any atom is 0.252 e. The standard InChI is InChI=1S/C16H21ClN2OS/c1-11-6-7-12(17)10-13(11)14(20)19-16(15(18)21)8-4-2-3-5-9-16/h6-7,10H,2-5,8-9H2,1H3,(H2,18,21)(H,19,20). The van der Waals surface area contributed by atoms with Crippen molar-refractivity contribution < 1.29 is 4.79 Å². The Balaban J connectivity index is 2.26. The molecule has 1 aliphatic rings. The molecule has 0 spiro atoms. The van der Waals surface area contributed by atoms with Gasteiger partial charge >= 0.3 is 0 Å². The average Bonchev–Trinajstić information content (AvgIpc) is 2.68. The predicted molar refractivity (Wildman–Crippen MR) is 90.9 cm³/mol. The molecule has 0 aliphatic heterocycles. The summed E-state index contributed by atoms with van der Waals surface area (Å²) < 4.78 is 0. The third-order valence-electron chi connectivity index (χ3n) is 4.23. The quantitative estimate of drug-likeness (QED) is 0.657. The molecule has 0 aromatic heterocycles. The fourth-order valence-corrected chi connectivity index (χ4v) is 3.32. The molecule has 2 rings (SSSR count). The second kappa shape index (κ2) is 6.75. The topological polar surface area (TPSA) is 55.1 Å². The highest BCUT2D eigenvalue weighted by atomic mass is 35.5. The first-order chi connectivity index (χ1) is 9.94. The Morgan fingerprint density at radius 3 is 2.48 bits per heavy atom. The van der Waals surface area contributed by atoms with Gasteiger partial charge in [-0.2, -0.15) is 0 Å². The van der Waals surface area contributed by atoms with E-state index in [2.05, 4.69) is 5.32 Å². The summed E-state index contributed by atoms with van der Waals surface area (Å²) in [5, 5.41) is 3.64. The van der Waals surface area contributed by atoms with Gasteiger partial charge in [-0.3, -0.25) is 4.79 Å². The molecule has 0 bridgehead atoms. The molecule has 0 heterocycles. The molecule has 0 radical (unpaired) electrons. The van der Waals surface area contributed by atoms with Crippen LogP contribution in [0.25, 0.3) is 0 Å². The first kappa shape index (κ1) is 16.2. The number of thiocarbonyl (C=S) groups is 1. The molecule has 1 aromatic rings. The maximum atomic E-state index is 12.6. The van der Waals surface area contributed by atoms with Crippen molar-refractivity contribution in [3.05, 3.63) is 34.3 Å². The minimum Gasteiger partial charge on any atom is -0.391 e. The molecule has 1 aliphatic carbocycles. The minimum atomic E-state index is -0.558. The maximum absolute atomic E-state index is 12.6. The van der Waals surface area contributed by atoms with Crippen LogP contribution in [-0.2, 0) is 0 Å². The van der Waals surface area contributed by atoms with Crippen LogP contribution in [0.3, 0.4) is 0 Å². The summed E-state index contributed by atoms with van der Waals surface area (Å²) >= 11 is 11.2. The highest BCUT2D eigenvalue weighted by molar-refractivity contribution is 7.80. The van der Waals surface area contributed by atoms with Gasteiger partial charge in [0.2, 0.25) is 0 Å². The van der Waals surface area contributed by atoms with Crippen LogP contribution in [0.4, 0.5) is 0 Å². The van der Waals surface area contributed by atoms with Crippen LogP contribution >= 0.6 is 23.8 Å². The van der Waals surface area contributed by atoms with E-state index in [0.29, 0.717) is 15.6 Å². The number of hydrogen-bond donors (Lipinski definition) is 2. The molecule has 0 unspecified atom stereocenters. The Kier molecular flexibility index (Phi) is 5.22. The predicted octanol–water partition coefficient (Wildman–Crippen LogP) is 3.76. The number of carbonyl (C=O) groups excluding carboxylic acids is 1. The lowest BCUT2D eigenvalue weighted by Gasteiger charge is -2.33. The van der Waals surface area contributed by atoms with Crippen molar-refractivity contribution in [2.45, 2.75) is 51.0 Å². The number of rotatable bonds is 3. The highest BCUT2D eigenvalue weighted by Crippen LogP contribution is 2.28. The van der Waals surface area contributed by atoms with E-state index in [0.717, 1.165) is 44.1 Å². The molecular weight excluding hydrogens is 304 g/mol. The van der Waals surface area contributed by atoms with E-state index in [1.165, 1.54) is 0 Å². The van der Waals surface area contributed by atoms with E-state index < -0.39 is 5.54 Å². The zero-order valence-electron chi connectivity index (χ0n) is 12.2. The molecule has 0 saturated heterocycles. The van der Waals surface area contributed by atoms with E-state index in [1.54, 1.807) is 12.1 Å². The number of amides is 1. The average molecular weight is 325 g/mol. The lowest BCUT2D eigenvalue weighted by atomic mass is 9.89. The molecule has 21 heavy (non-hydrogen) atoms. The van der Waals surface area contributed by atoms with E-state index in [9.17, 15) is 4.79 Å². The van der Waals surface area contributed by atoms with Gasteiger partial charge in [0.15, 0.2) is 0 Å². The lowest BCUT2D eigenvalue weighted by Crippen LogP contribution is -2.56. The van der Waals surface area contributed by atoms with Crippen LogP contribution in [0.1, 0.15) is 54.4 Å². The minimum absolute atomic E-state index is 0.148. The highest BCUT2D eigenvalue weighted by Gasteiger charge is 2.35. The fraction of sp³-hybridized carbons (Fsp3) is 0.500. The van der Waals surface area contributed by atoms with Crippen LogP contribution in [0.15, 0.2) is 18.2 Å². The van der Waals surface area contributed by atoms with Crippen LogP contribution in [0, 0.1) is 6.92 Å². The third-order valence-corrected chi connectivity index (χ3v) is 4.85. The number of benzene rings is 1. The SMILES string of the molecule is Cc1ccc(Cl)cc1C(=O)NC1(C(N)=S)CCCCCC1. The molecular formula is C16H21ClN2OS. The Bertz CT molecular complexity index is 551. The number of carbonyl (C=O) groups is 1. The van der Waals surface area contributed by atoms with E-state index in [4.69, 9.17) is 29.6 Å². The third kappa shape index (κ3) is 3.74. The second-order valence-electron chi connectivity index (χ2n) is 5.77. The number of nitrogens with two attached hydrogens (primary N) is 1. The molecule has 3 N–H and O–H groups in total. The zero-order valence-corrected chi connectivity index (χ0v) is 13.8. The monoisotopic (exact) mass is 324 g/mol. The Hall–Kier alpha value is -1.13. The largest absolute Gasteiger partial charge is 0.391 e. The first-order valence-corrected chi connectivity index (χ1v) is 8.12. The van der Waals surface area contributed by atoms with Gasteiger partial charge in [0.25, 0.3) is 5.91 Å². The second-order valence-corrected chi connectivity index (χ2v) is 6.65. The summed E-state index contributed by atoms with van der Waals surface area (Å²) in [6, 6.07) is 5.32. The van der Waals surface area contributed by atoms with Crippen LogP contribution in [0.5, 0.6) is 0 Å². The van der Waals surface area contributed by atoms with Crippen molar-refractivity contribution in [3.63, 3.8) is 0 Å². The van der Waals surface area contributed by atoms with Crippen LogP contribution in [0.2, 0.25) is 5.02 Å². The molecule has 1 aromatic carbocycles. The van der Waals surface area contributed by atoms with Crippen molar-refractivity contribution in [1.29, 1.82) is 0 Å². The van der Waals surface area contributed by atoms with E-state index >= 15 is 0 Å². The van der Waals surface area contributed by atoms with Crippen molar-refractivity contribution >= 4 is 34.7 Å². The number of halogens is 1. The van der Waals surface area contributed by atoms with Crippen molar-refractivity contribution in [1.82, 2.24) is 5.32 Å². The summed E-state index contributed by atoms with van der Waals surface area (Å²) in [7, 11) is 0. The Labute approximate surface area is 136 Å². The summed E-state index contributed by atoms with van der Waals surface area (Å²) in [5.74, 6) is -0.148. The summed E-state index contributed by atoms with van der Waals surface area (Å²) in [5.41, 5.74) is 6.88. The molecule has 1 amide bonds. The van der Waals surface area contributed by atoms with Gasteiger partial charge < -0.3 is 11.1 Å². The first-order valence-electron chi connectivity index (χ1n) is 7.33. The van der Waals surface area contributed by atoms with Gasteiger partial charge in [0.1, 0.15) is 0 Å². The van der Waals surface area contributed by atoms with Gasteiger partial charge in [-0.05, 0) is 37.5 Å². The summed E-state index contributed by atoms with van der Waals surface area (Å²) in [6.07, 6.45) is 6.02. The van der Waals surface area contributed by atoms with E-state index in [1.807, 2.05) is 13.0 Å². The van der Waals surface area contributed by atoms with Gasteiger partial charge in [-0.25, -0.2) is 0 Å². The van der Waals surface area contributed by atoms with Gasteiger partial charge in [-0.1, -0.05) is 55.6 Å². The summed E-state index contributed by atoms with van der Waals surface area (Å²) in [6.45, 7) is 1.89. The number of nitrogens with one attached hydrogen (secondary N) is 1. The Morgan fingerprint density at radius 2 is 1.90 bits per heavy atom. The fourth-order valence-electron chi connectivity index (χ4n) is 2.89. The lowest BCUT2D eigenvalue weighted by molar-refractivity contribution is 0.0917. The van der Waals surface area contributed by atoms with Crippen molar-refractivity contribution in [2.75, 3.05) is 0 Å². The molecule has 3 nitrogen and oxygen atoms in total. The van der Waals surface area contributed by atoms with Gasteiger partial charge in [0.05, 0.1) is 10.5 Å². The van der Waals surface area contributed by atoms with Gasteiger partial charge in [0, 0.05) is 10.6 Å². The number of hydrogen-bond acceptors (Lipinski definition) is 2. The Morgan fingerprint density at radius 1 is 1.29 bits per heavy atom. The molecule has 0 atom stereocenters. The molecule has 1 fully saturated rings. The number of aryl methyl sites for hydroxylation is 1. The molecule has 1 saturated carbocycles. The molecule has 114 valence electrons. The smallest absolute Gasteiger partial charge is 0.252 e. The summed E-state index contributed by atoms with van der Waals surface area (Å²) in [4.78, 5) is 13.0. The van der Waals surface area contributed by atoms with Crippen LogP contribution in [-0.4, -0.2) is 16.4 Å². The van der Waals surface area contributed by atoms with Crippen molar-refractivity contribution in [2.24, 2.45) is 5.73 Å². The van der Waals surface area contributed by atoms with Crippen LogP contribution < -0.4 is 11.1 Å². The van der Waals surface area contributed by atoms with E-state index in [-0.39, 0.29) is 5.91 Å². The zero-order chi connectivity index (χ0) is 15.5. The normalized spacial score (nSPS) is 17.8. The molecule has 5 heteroatoms. The van der Waals surface area contributed by atoms with Crippen molar-refractivity contribution in [3.8, 4) is 0 Å².